The Morgan fingerprint density at radius 3 is 3.30 bits per heavy atom. The third-order valence-corrected chi connectivity index (χ3v) is 1.46. The third-order valence-electron chi connectivity index (χ3n) is 1.46. The van der Waals surface area contributed by atoms with Gasteiger partial charge in [0.15, 0.2) is 0 Å². The molecule has 0 fully saturated rings. The van der Waals surface area contributed by atoms with E-state index in [9.17, 15) is 0 Å². The normalized spacial score (nSPS) is 16.2. The van der Waals surface area contributed by atoms with Gasteiger partial charge in [0.25, 0.3) is 0 Å². The summed E-state index contributed by atoms with van der Waals surface area (Å²) >= 11 is 0. The highest BCUT2D eigenvalue weighted by Crippen LogP contribution is 2.12. The summed E-state index contributed by atoms with van der Waals surface area (Å²) in [6, 6.07) is 7.15. The number of rotatable bonds is 0. The maximum Gasteiger partial charge on any atom is 0.0923 e. The third kappa shape index (κ3) is 0.620. The Bertz CT molecular complexity index is 430. The van der Waals surface area contributed by atoms with Gasteiger partial charge in [-0.1, -0.05) is 18.2 Å². The highest BCUT2D eigenvalue weighted by molar-refractivity contribution is 5.80. The van der Waals surface area contributed by atoms with Crippen LogP contribution in [-0.2, 0) is 0 Å². The highest BCUT2D eigenvalue weighted by Gasteiger charge is 1.96. The molecular weight excluding hydrogens is 124 g/mol. The van der Waals surface area contributed by atoms with Gasteiger partial charge < -0.3 is 0 Å². The molecule has 0 bridgehead atoms. The number of fused-ring (bicyclic) bond motifs is 1. The van der Waals surface area contributed by atoms with Gasteiger partial charge in [0.2, 0.25) is 0 Å². The predicted octanol–water partition coefficient (Wildman–Crippen LogP) is 1.87. The largest absolute Gasteiger partial charge is 0.282 e. The second kappa shape index (κ2) is 1.84. The van der Waals surface area contributed by atoms with Gasteiger partial charge in [0.1, 0.15) is 0 Å². The summed E-state index contributed by atoms with van der Waals surface area (Å²) in [7, 11) is 0. The smallest absolute Gasteiger partial charge is 0.0923 e. The molecule has 0 spiro atoms. The van der Waals surface area contributed by atoms with E-state index in [1.54, 1.807) is 18.2 Å². The van der Waals surface area contributed by atoms with Crippen LogP contribution in [0.5, 0.6) is 0 Å². The minimum absolute atomic E-state index is 0.211. The van der Waals surface area contributed by atoms with Crippen LogP contribution in [-0.4, -0.2) is 10.2 Å². The Morgan fingerprint density at radius 1 is 1.50 bits per heavy atom. The van der Waals surface area contributed by atoms with Gasteiger partial charge in [0, 0.05) is 15.2 Å². The number of aromatic nitrogens is 2. The summed E-state index contributed by atoms with van der Waals surface area (Å²) in [5, 5.41) is 7.11. The first kappa shape index (κ1) is 3.19. The standard InChI is InChI=1S/C8H8N2/c1-6-7-4-2-3-5-8(7)10-9-6/h2-5H,1H3,(H,9,10)/i1D3. The zero-order chi connectivity index (χ0) is 9.47. The van der Waals surface area contributed by atoms with E-state index < -0.39 is 6.85 Å². The van der Waals surface area contributed by atoms with Gasteiger partial charge in [-0.05, 0) is 12.9 Å². The van der Waals surface area contributed by atoms with E-state index >= 15 is 0 Å². The molecule has 2 heteroatoms. The lowest BCUT2D eigenvalue weighted by Gasteiger charge is -1.84. The molecule has 2 aromatic rings. The van der Waals surface area contributed by atoms with E-state index in [1.165, 1.54) is 0 Å². The molecule has 1 heterocycles. The number of H-pyrrole nitrogens is 1. The number of hydrogen-bond donors (Lipinski definition) is 1. The Kier molecular flexibility index (Phi) is 0.586. The van der Waals surface area contributed by atoms with Crippen LogP contribution in [0.15, 0.2) is 24.3 Å². The molecule has 1 aromatic carbocycles. The maximum absolute atomic E-state index is 7.23. The lowest BCUT2D eigenvalue weighted by molar-refractivity contribution is 1.07. The van der Waals surface area contributed by atoms with E-state index in [0.29, 0.717) is 10.9 Å². The van der Waals surface area contributed by atoms with E-state index in [2.05, 4.69) is 10.2 Å². The summed E-state index contributed by atoms with van der Waals surface area (Å²) in [6.07, 6.45) is 0. The molecule has 0 aliphatic heterocycles. The molecule has 2 nitrogen and oxygen atoms in total. The van der Waals surface area contributed by atoms with Gasteiger partial charge in [-0.25, -0.2) is 0 Å². The van der Waals surface area contributed by atoms with Crippen molar-refractivity contribution < 1.29 is 4.11 Å². The number of aryl methyl sites for hydroxylation is 1. The fourth-order valence-corrected chi connectivity index (χ4v) is 0.959. The second-order valence-corrected chi connectivity index (χ2v) is 2.12. The molecule has 0 aliphatic carbocycles. The fourth-order valence-electron chi connectivity index (χ4n) is 0.959. The minimum Gasteiger partial charge on any atom is -0.282 e. The number of nitrogens with one attached hydrogen (secondary N) is 1. The van der Waals surface area contributed by atoms with Crippen molar-refractivity contribution in [2.75, 3.05) is 0 Å². The van der Waals surface area contributed by atoms with Gasteiger partial charge in [-0.3, -0.25) is 5.10 Å². The lowest BCUT2D eigenvalue weighted by atomic mass is 10.2. The van der Waals surface area contributed by atoms with Crippen molar-refractivity contribution in [2.45, 2.75) is 6.85 Å². The van der Waals surface area contributed by atoms with Gasteiger partial charge in [0.05, 0.1) is 5.52 Å². The highest BCUT2D eigenvalue weighted by atomic mass is 15.1. The predicted molar refractivity (Wildman–Crippen MR) is 40.8 cm³/mol. The van der Waals surface area contributed by atoms with Crippen molar-refractivity contribution in [2.24, 2.45) is 0 Å². The first-order valence-corrected chi connectivity index (χ1v) is 3.02. The van der Waals surface area contributed by atoms with E-state index in [4.69, 9.17) is 4.11 Å². The fraction of sp³-hybridized carbons (Fsp3) is 0.125. The number of hydrogen-bond acceptors (Lipinski definition) is 1. The molecule has 0 atom stereocenters. The zero-order valence-corrected chi connectivity index (χ0v) is 5.26. The summed E-state index contributed by atoms with van der Waals surface area (Å²) < 4.78 is 21.7. The monoisotopic (exact) mass is 135 g/mol. The molecule has 1 aromatic heterocycles. The van der Waals surface area contributed by atoms with Crippen LogP contribution in [0.2, 0.25) is 0 Å². The van der Waals surface area contributed by atoms with E-state index in [1.807, 2.05) is 6.07 Å². The Morgan fingerprint density at radius 2 is 2.40 bits per heavy atom. The molecule has 1 N–H and O–H groups in total. The van der Waals surface area contributed by atoms with Crippen LogP contribution >= 0.6 is 0 Å². The van der Waals surface area contributed by atoms with Crippen molar-refractivity contribution in [3.63, 3.8) is 0 Å². The van der Waals surface area contributed by atoms with E-state index in [-0.39, 0.29) is 5.69 Å². The molecule has 50 valence electrons. The molecule has 0 aliphatic rings. The zero-order valence-electron chi connectivity index (χ0n) is 8.26. The average Bonchev–Trinajstić information content (AvgIpc) is 2.45. The van der Waals surface area contributed by atoms with Gasteiger partial charge in [-0.15, -0.1) is 0 Å². The van der Waals surface area contributed by atoms with Crippen LogP contribution in [0.3, 0.4) is 0 Å². The summed E-state index contributed by atoms with van der Waals surface area (Å²) in [6.45, 7) is -2.11. The maximum atomic E-state index is 7.23. The van der Waals surface area contributed by atoms with Crippen molar-refractivity contribution in [1.29, 1.82) is 0 Å². The molecule has 0 saturated heterocycles. The van der Waals surface area contributed by atoms with Crippen LogP contribution in [0.4, 0.5) is 0 Å². The van der Waals surface area contributed by atoms with Gasteiger partial charge >= 0.3 is 0 Å². The number of para-hydroxylation sites is 1. The van der Waals surface area contributed by atoms with Crippen LogP contribution in [0, 0.1) is 6.85 Å². The quantitative estimate of drug-likeness (QED) is 0.587. The van der Waals surface area contributed by atoms with Crippen molar-refractivity contribution in [3.05, 3.63) is 30.0 Å². The molecule has 2 rings (SSSR count). The molecule has 0 radical (unpaired) electrons. The van der Waals surface area contributed by atoms with Crippen molar-refractivity contribution in [3.8, 4) is 0 Å². The van der Waals surface area contributed by atoms with Crippen LogP contribution in [0.25, 0.3) is 10.9 Å². The first-order chi connectivity index (χ1) is 6.09. The van der Waals surface area contributed by atoms with Gasteiger partial charge in [-0.2, -0.15) is 5.10 Å². The molecular formula is C8H8N2. The van der Waals surface area contributed by atoms with E-state index in [0.717, 1.165) is 0 Å². The summed E-state index contributed by atoms with van der Waals surface area (Å²) in [4.78, 5) is 0. The topological polar surface area (TPSA) is 28.7 Å². The SMILES string of the molecule is [2H]C([2H])([2H])c1[nH]nc2ccccc12. The number of aromatic amines is 1. The Balaban J connectivity index is 2.72. The first-order valence-electron chi connectivity index (χ1n) is 4.52. The lowest BCUT2D eigenvalue weighted by Crippen LogP contribution is -1.67. The minimum atomic E-state index is -2.11. The van der Waals surface area contributed by atoms with Crippen molar-refractivity contribution in [1.82, 2.24) is 10.2 Å². The number of benzene rings is 1. The Labute approximate surface area is 63.1 Å². The van der Waals surface area contributed by atoms with Crippen LogP contribution < -0.4 is 0 Å². The second-order valence-electron chi connectivity index (χ2n) is 2.12. The Hall–Kier alpha value is -1.31. The summed E-state index contributed by atoms with van der Waals surface area (Å²) in [5.41, 5.74) is 0.900. The average molecular weight is 135 g/mol. The number of nitrogens with zero attached hydrogens (tertiary/aromatic N) is 1. The van der Waals surface area contributed by atoms with Crippen LogP contribution in [0.1, 0.15) is 9.81 Å². The van der Waals surface area contributed by atoms with Crippen molar-refractivity contribution >= 4 is 10.9 Å². The molecule has 0 amide bonds. The molecule has 10 heavy (non-hydrogen) atoms. The molecule has 0 unspecified atom stereocenters. The molecule has 0 saturated carbocycles. The summed E-state index contributed by atoms with van der Waals surface area (Å²) in [5.74, 6) is 0.